The first kappa shape index (κ1) is 17.9. The van der Waals surface area contributed by atoms with E-state index < -0.39 is 0 Å². The second-order valence-corrected chi connectivity index (χ2v) is 6.20. The van der Waals surface area contributed by atoms with E-state index in [4.69, 9.17) is 21.1 Å². The average molecular weight is 335 g/mol. The molecule has 23 heavy (non-hydrogen) atoms. The lowest BCUT2D eigenvalue weighted by molar-refractivity contribution is 0.306. The summed E-state index contributed by atoms with van der Waals surface area (Å²) in [7, 11) is 0. The summed E-state index contributed by atoms with van der Waals surface area (Å²) in [5.74, 6) is 2.61. The van der Waals surface area contributed by atoms with Crippen molar-refractivity contribution in [2.45, 2.75) is 45.4 Å². The summed E-state index contributed by atoms with van der Waals surface area (Å²) in [5.41, 5.74) is 0. The van der Waals surface area contributed by atoms with Gasteiger partial charge in [-0.05, 0) is 60.7 Å². The number of halogens is 1. The van der Waals surface area contributed by atoms with Gasteiger partial charge < -0.3 is 9.47 Å². The number of hydrogen-bond donors (Lipinski definition) is 0. The maximum atomic E-state index is 5.81. The summed E-state index contributed by atoms with van der Waals surface area (Å²) >= 11 is 5.67. The molecule has 0 fully saturated rings. The molecule has 0 aliphatic carbocycles. The Morgan fingerprint density at radius 3 is 1.83 bits per heavy atom. The molecule has 2 aromatic rings. The fourth-order valence-electron chi connectivity index (χ4n) is 2.49. The minimum absolute atomic E-state index is 0.735. The van der Waals surface area contributed by atoms with Crippen molar-refractivity contribution >= 4 is 22.4 Å². The van der Waals surface area contributed by atoms with Gasteiger partial charge >= 0.3 is 0 Å². The lowest BCUT2D eigenvalue weighted by Gasteiger charge is -2.09. The monoisotopic (exact) mass is 334 g/mol. The molecular weight excluding hydrogens is 308 g/mol. The van der Waals surface area contributed by atoms with Crippen LogP contribution in [-0.2, 0) is 0 Å². The molecule has 0 aliphatic heterocycles. The Hall–Kier alpha value is -1.41. The molecule has 0 spiro atoms. The first-order valence-electron chi connectivity index (χ1n) is 8.69. The lowest BCUT2D eigenvalue weighted by atomic mass is 10.1. The highest BCUT2D eigenvalue weighted by atomic mass is 35.5. The summed E-state index contributed by atoms with van der Waals surface area (Å²) < 4.78 is 11.6. The van der Waals surface area contributed by atoms with Crippen LogP contribution in [0.5, 0.6) is 11.5 Å². The zero-order valence-electron chi connectivity index (χ0n) is 14.0. The van der Waals surface area contributed by atoms with E-state index in [1.807, 2.05) is 12.1 Å². The summed E-state index contributed by atoms with van der Waals surface area (Å²) in [6.07, 6.45) is 6.79. The standard InChI is InChI=1S/C20H27ClO2/c1-2-3-6-13-22-19-10-8-18-16-20(11-9-17(18)15-19)23-14-7-4-5-12-21/h8-11,15-16H,2-7,12-14H2,1H3. The Kier molecular flexibility index (Phi) is 8.10. The van der Waals surface area contributed by atoms with E-state index in [1.165, 1.54) is 23.6 Å². The van der Waals surface area contributed by atoms with E-state index in [0.717, 1.165) is 56.3 Å². The van der Waals surface area contributed by atoms with Crippen molar-refractivity contribution in [1.29, 1.82) is 0 Å². The highest BCUT2D eigenvalue weighted by Gasteiger charge is 2.01. The first-order chi connectivity index (χ1) is 11.3. The fourth-order valence-corrected chi connectivity index (χ4v) is 2.68. The van der Waals surface area contributed by atoms with Gasteiger partial charge in [0, 0.05) is 5.88 Å². The second-order valence-electron chi connectivity index (χ2n) is 5.82. The van der Waals surface area contributed by atoms with Gasteiger partial charge in [0.15, 0.2) is 0 Å². The third kappa shape index (κ3) is 6.31. The van der Waals surface area contributed by atoms with Crippen LogP contribution >= 0.6 is 11.6 Å². The van der Waals surface area contributed by atoms with Crippen LogP contribution in [-0.4, -0.2) is 19.1 Å². The van der Waals surface area contributed by atoms with Crippen molar-refractivity contribution in [2.75, 3.05) is 19.1 Å². The van der Waals surface area contributed by atoms with Crippen LogP contribution in [0.15, 0.2) is 36.4 Å². The van der Waals surface area contributed by atoms with Crippen molar-refractivity contribution in [3.8, 4) is 11.5 Å². The minimum atomic E-state index is 0.735. The molecule has 2 aromatic carbocycles. The third-order valence-electron chi connectivity index (χ3n) is 3.85. The Bertz CT molecular complexity index is 583. The van der Waals surface area contributed by atoms with Crippen molar-refractivity contribution in [1.82, 2.24) is 0 Å². The average Bonchev–Trinajstić information content (AvgIpc) is 2.58. The minimum Gasteiger partial charge on any atom is -0.494 e. The van der Waals surface area contributed by atoms with E-state index in [9.17, 15) is 0 Å². The van der Waals surface area contributed by atoms with Crippen molar-refractivity contribution in [3.63, 3.8) is 0 Å². The number of unbranched alkanes of at least 4 members (excludes halogenated alkanes) is 4. The van der Waals surface area contributed by atoms with Crippen LogP contribution in [0.1, 0.15) is 45.4 Å². The normalized spacial score (nSPS) is 10.9. The maximum Gasteiger partial charge on any atom is 0.119 e. The fraction of sp³-hybridized carbons (Fsp3) is 0.500. The molecular formula is C20H27ClO2. The molecule has 0 amide bonds. The van der Waals surface area contributed by atoms with Gasteiger partial charge in [-0.15, -0.1) is 11.6 Å². The highest BCUT2D eigenvalue weighted by molar-refractivity contribution is 6.17. The molecule has 0 heterocycles. The third-order valence-corrected chi connectivity index (χ3v) is 4.11. The SMILES string of the molecule is CCCCCOc1ccc2cc(OCCCCCCl)ccc2c1. The number of alkyl halides is 1. The second kappa shape index (κ2) is 10.4. The molecule has 2 rings (SSSR count). The Labute approximate surface area is 144 Å². The Morgan fingerprint density at radius 2 is 1.30 bits per heavy atom. The molecule has 2 nitrogen and oxygen atoms in total. The van der Waals surface area contributed by atoms with Crippen LogP contribution in [0.25, 0.3) is 10.8 Å². The van der Waals surface area contributed by atoms with Crippen molar-refractivity contribution in [2.24, 2.45) is 0 Å². The molecule has 0 radical (unpaired) electrons. The molecule has 0 aromatic heterocycles. The molecule has 0 aliphatic rings. The molecule has 0 saturated heterocycles. The Morgan fingerprint density at radius 1 is 0.739 bits per heavy atom. The van der Waals surface area contributed by atoms with Crippen LogP contribution < -0.4 is 9.47 Å². The summed E-state index contributed by atoms with van der Waals surface area (Å²) in [6, 6.07) is 12.5. The zero-order valence-corrected chi connectivity index (χ0v) is 14.8. The largest absolute Gasteiger partial charge is 0.494 e. The Balaban J connectivity index is 1.87. The van der Waals surface area contributed by atoms with Gasteiger partial charge in [-0.25, -0.2) is 0 Å². The van der Waals surface area contributed by atoms with E-state index >= 15 is 0 Å². The quantitative estimate of drug-likeness (QED) is 0.360. The number of hydrogen-bond acceptors (Lipinski definition) is 2. The van der Waals surface area contributed by atoms with E-state index in [1.54, 1.807) is 0 Å². The van der Waals surface area contributed by atoms with Gasteiger partial charge in [-0.3, -0.25) is 0 Å². The molecule has 0 bridgehead atoms. The van der Waals surface area contributed by atoms with Crippen LogP contribution in [0.2, 0.25) is 0 Å². The number of benzene rings is 2. The summed E-state index contributed by atoms with van der Waals surface area (Å²) in [5, 5.41) is 2.37. The summed E-state index contributed by atoms with van der Waals surface area (Å²) in [4.78, 5) is 0. The van der Waals surface area contributed by atoms with Gasteiger partial charge in [0.25, 0.3) is 0 Å². The first-order valence-corrected chi connectivity index (χ1v) is 9.22. The van der Waals surface area contributed by atoms with E-state index in [0.29, 0.717) is 0 Å². The molecule has 3 heteroatoms. The topological polar surface area (TPSA) is 18.5 Å². The predicted molar refractivity (Wildman–Crippen MR) is 99.0 cm³/mol. The number of ether oxygens (including phenoxy) is 2. The van der Waals surface area contributed by atoms with Crippen molar-refractivity contribution in [3.05, 3.63) is 36.4 Å². The predicted octanol–water partition coefficient (Wildman–Crippen LogP) is 6.20. The van der Waals surface area contributed by atoms with E-state index in [2.05, 4.69) is 31.2 Å². The maximum absolute atomic E-state index is 5.81. The van der Waals surface area contributed by atoms with Gasteiger partial charge in [-0.1, -0.05) is 31.9 Å². The lowest BCUT2D eigenvalue weighted by Crippen LogP contribution is -1.98. The molecule has 0 N–H and O–H groups in total. The van der Waals surface area contributed by atoms with Crippen LogP contribution in [0.3, 0.4) is 0 Å². The number of fused-ring (bicyclic) bond motifs is 1. The van der Waals surface area contributed by atoms with Crippen LogP contribution in [0, 0.1) is 0 Å². The van der Waals surface area contributed by atoms with Gasteiger partial charge in [0.1, 0.15) is 11.5 Å². The highest BCUT2D eigenvalue weighted by Crippen LogP contribution is 2.25. The molecule has 0 atom stereocenters. The molecule has 0 saturated carbocycles. The van der Waals surface area contributed by atoms with Gasteiger partial charge in [0.2, 0.25) is 0 Å². The smallest absolute Gasteiger partial charge is 0.119 e. The van der Waals surface area contributed by atoms with Gasteiger partial charge in [0.05, 0.1) is 13.2 Å². The number of rotatable bonds is 11. The molecule has 126 valence electrons. The molecule has 0 unspecified atom stereocenters. The van der Waals surface area contributed by atoms with Crippen molar-refractivity contribution < 1.29 is 9.47 Å². The zero-order chi connectivity index (χ0) is 16.3. The van der Waals surface area contributed by atoms with Crippen LogP contribution in [0.4, 0.5) is 0 Å². The van der Waals surface area contributed by atoms with E-state index in [-0.39, 0.29) is 0 Å². The summed E-state index contributed by atoms with van der Waals surface area (Å²) in [6.45, 7) is 3.75. The van der Waals surface area contributed by atoms with Gasteiger partial charge in [-0.2, -0.15) is 0 Å².